The van der Waals surface area contributed by atoms with E-state index in [9.17, 15) is 33.6 Å². The Labute approximate surface area is 632 Å². The highest BCUT2D eigenvalue weighted by Crippen LogP contribution is 2.52. The molecule has 6 heterocycles. The zero-order chi connectivity index (χ0) is 76.3. The molecule has 0 bridgehead atoms. The van der Waals surface area contributed by atoms with Gasteiger partial charge >= 0.3 is 0 Å². The minimum atomic E-state index is -1.11. The molecule has 16 rings (SSSR count). The van der Waals surface area contributed by atoms with Gasteiger partial charge in [0.2, 0.25) is 23.6 Å². The van der Waals surface area contributed by atoms with Gasteiger partial charge in [-0.2, -0.15) is 0 Å². The Bertz CT molecular complexity index is 5030. The van der Waals surface area contributed by atoms with Crippen LogP contribution < -0.4 is 31.1 Å². The van der Waals surface area contributed by atoms with Gasteiger partial charge in [0.05, 0.1) is 33.9 Å². The van der Waals surface area contributed by atoms with Crippen molar-refractivity contribution in [3.05, 3.63) is 211 Å². The van der Waals surface area contributed by atoms with Gasteiger partial charge < -0.3 is 44.1 Å². The molecule has 4 aliphatic carbocycles. The second-order valence-electron chi connectivity index (χ2n) is 31.3. The van der Waals surface area contributed by atoms with E-state index >= 15 is 8.78 Å². The average Bonchev–Trinajstić information content (AvgIpc) is 1.90. The largest absolute Gasteiger partial charge is 0.382 e. The molecule has 4 aliphatic heterocycles. The minimum Gasteiger partial charge on any atom is -0.382 e. The van der Waals surface area contributed by atoms with Crippen molar-refractivity contribution in [3.8, 4) is 22.3 Å². The number of aromatic nitrogens is 2. The molecule has 2 saturated heterocycles. The number of amides is 7. The molecule has 0 spiro atoms. The summed E-state index contributed by atoms with van der Waals surface area (Å²) in [5.74, 6) is -1.81. The number of hydrogen-bond donors (Lipinski definition) is 4. The summed E-state index contributed by atoms with van der Waals surface area (Å²) in [5.41, 5.74) is 15.4. The van der Waals surface area contributed by atoms with Gasteiger partial charge in [-0.25, -0.2) is 21.9 Å². The Balaban J connectivity index is 0.000000174. The Morgan fingerprint density at radius 1 is 0.505 bits per heavy atom. The van der Waals surface area contributed by atoms with E-state index in [0.29, 0.717) is 42.1 Å². The van der Waals surface area contributed by atoms with Crippen LogP contribution in [-0.2, 0) is 36.8 Å². The molecule has 21 nitrogen and oxygen atoms in total. The number of imide groups is 3. The standard InChI is InChI=1S/C43H43FN6O5.C43H45FN6O4/c1-24-5-10-29(39-25(2)48-55-26(39)3)19-37(24)49(31-13-11-30(12-14-31)43(45-4)17-18-43)23-28-8-6-27(7-9-28)22-46-35-21-33-32(20-34(35)44)41(53)50(42(33)54)36-15-16-38(51)47-40(36)52;1-25-5-10-30(40-26(2)48-54-27(40)3)20-38(25)49(33-13-11-32(12-14-33)43(45-4)17-18-43)23-29-8-6-28(7-9-29)22-46-36-19-31-24-50(42(53)34(31)21-35(36)44)37-15-16-39(51)47-41(37)52/h5,10-14,19-21,27-28,36,46H,6-9,15-18,22-23H2,1-3H3,(H,47,51,52);5,10-14,19-21,28-29,37,46H,6-9,15-18,22-24H2,1-3H3,(H,47,51,52). The maximum atomic E-state index is 15.3. The van der Waals surface area contributed by atoms with Crippen LogP contribution in [0.25, 0.3) is 31.9 Å². The quantitative estimate of drug-likeness (QED) is 0.0410. The fourth-order valence-electron chi connectivity index (χ4n) is 17.3. The molecule has 8 aliphatic rings. The van der Waals surface area contributed by atoms with E-state index in [0.717, 1.165) is 186 Å². The van der Waals surface area contributed by atoms with Crippen LogP contribution >= 0.6 is 0 Å². The average molecular weight is 1470 g/mol. The number of anilines is 6. The number of piperidine rings is 2. The lowest BCUT2D eigenvalue weighted by Gasteiger charge is -2.35. The van der Waals surface area contributed by atoms with Crippen LogP contribution in [0.4, 0.5) is 42.9 Å². The number of aryl methyl sites for hydroxylation is 6. The lowest BCUT2D eigenvalue weighted by atomic mass is 9.81. The molecule has 23 heteroatoms. The van der Waals surface area contributed by atoms with Crippen molar-refractivity contribution in [2.75, 3.05) is 46.6 Å². The van der Waals surface area contributed by atoms with Crippen LogP contribution in [0.5, 0.6) is 0 Å². The molecule has 8 aromatic rings. The van der Waals surface area contributed by atoms with Gasteiger partial charge in [0, 0.05) is 122 Å². The molecule has 4 N–H and O–H groups in total. The molecule has 0 radical (unpaired) electrons. The smallest absolute Gasteiger partial charge is 0.262 e. The predicted octanol–water partition coefficient (Wildman–Crippen LogP) is 15.9. The molecule has 2 unspecified atom stereocenters. The van der Waals surface area contributed by atoms with E-state index in [1.54, 1.807) is 6.07 Å². The van der Waals surface area contributed by atoms with Gasteiger partial charge in [0.1, 0.15) is 35.2 Å². The van der Waals surface area contributed by atoms with Crippen LogP contribution in [0, 0.1) is 90.0 Å². The second kappa shape index (κ2) is 29.7. The van der Waals surface area contributed by atoms with Crippen LogP contribution in [0.3, 0.4) is 0 Å². The van der Waals surface area contributed by atoms with E-state index in [2.05, 4.69) is 150 Å². The first-order chi connectivity index (χ1) is 52.5. The third-order valence-corrected chi connectivity index (χ3v) is 24.1. The molecule has 560 valence electrons. The monoisotopic (exact) mass is 1470 g/mol. The summed E-state index contributed by atoms with van der Waals surface area (Å²) in [4.78, 5) is 103. The number of fused-ring (bicyclic) bond motifs is 2. The van der Waals surface area contributed by atoms with Gasteiger partial charge in [-0.05, 0) is 242 Å². The summed E-state index contributed by atoms with van der Waals surface area (Å²) in [6.07, 6.45) is 12.0. The van der Waals surface area contributed by atoms with Gasteiger partial charge in [0.15, 0.2) is 0 Å². The van der Waals surface area contributed by atoms with E-state index in [1.807, 2.05) is 27.7 Å². The van der Waals surface area contributed by atoms with Crippen molar-refractivity contribution in [3.63, 3.8) is 0 Å². The topological polar surface area (TPSA) is 241 Å². The molecule has 7 amide bonds. The first-order valence-electron chi connectivity index (χ1n) is 38.1. The lowest BCUT2D eigenvalue weighted by Crippen LogP contribution is -2.54. The van der Waals surface area contributed by atoms with Crippen molar-refractivity contribution in [2.24, 2.45) is 23.7 Å². The molecular weight excluding hydrogens is 1380 g/mol. The molecule has 6 aromatic carbocycles. The highest BCUT2D eigenvalue weighted by molar-refractivity contribution is 6.24. The molecule has 2 atom stereocenters. The highest BCUT2D eigenvalue weighted by atomic mass is 19.1. The highest BCUT2D eigenvalue weighted by Gasteiger charge is 2.54. The van der Waals surface area contributed by atoms with E-state index in [1.165, 1.54) is 22.6 Å². The molecule has 2 aromatic heterocycles. The SMILES string of the molecule is [C-]#[N+]C1(c2ccc(N(CC3CCC(CNc4cc5c(cc4F)C(=O)N(C4CCC(=O)NC4=O)C5)CC3)c3cc(-c4c(C)noc4C)ccc3C)cc2)CC1.[C-]#[N+]C1(c2ccc(N(CC3CCC(CNc4cc5c(cc4F)C(=O)N(C4CCC(=O)NC4=O)C5=O)CC3)c3cc(-c4c(C)noc4C)ccc3C)cc2)CC1. The summed E-state index contributed by atoms with van der Waals surface area (Å²) in [6, 6.07) is 33.7. The van der Waals surface area contributed by atoms with Gasteiger partial charge in [-0.15, -0.1) is 0 Å². The maximum Gasteiger partial charge on any atom is 0.262 e. The van der Waals surface area contributed by atoms with Crippen molar-refractivity contribution in [1.82, 2.24) is 30.7 Å². The predicted molar refractivity (Wildman–Crippen MR) is 408 cm³/mol. The first-order valence-corrected chi connectivity index (χ1v) is 38.1. The number of carbonyl (C=O) groups is 7. The molecule has 6 fully saturated rings. The number of carbonyl (C=O) groups excluding carboxylic acids is 7. The van der Waals surface area contributed by atoms with Crippen LogP contribution in [0.15, 0.2) is 118 Å². The normalized spacial score (nSPS) is 21.7. The third-order valence-electron chi connectivity index (χ3n) is 24.1. The van der Waals surface area contributed by atoms with E-state index in [4.69, 9.17) is 22.2 Å². The zero-order valence-corrected chi connectivity index (χ0v) is 62.2. The summed E-state index contributed by atoms with van der Waals surface area (Å²) in [5, 5.41) is 19.4. The van der Waals surface area contributed by atoms with Gasteiger partial charge in [-0.3, -0.25) is 49.1 Å². The van der Waals surface area contributed by atoms with E-state index in [-0.39, 0.29) is 83.4 Å². The Morgan fingerprint density at radius 2 is 0.917 bits per heavy atom. The number of nitrogens with one attached hydrogen (secondary N) is 4. The zero-order valence-electron chi connectivity index (χ0n) is 62.2. The van der Waals surface area contributed by atoms with Crippen molar-refractivity contribution >= 4 is 75.5 Å². The molecule has 109 heavy (non-hydrogen) atoms. The van der Waals surface area contributed by atoms with Crippen LogP contribution in [0.1, 0.15) is 185 Å². The van der Waals surface area contributed by atoms with E-state index < -0.39 is 53.3 Å². The molecule has 4 saturated carbocycles. The van der Waals surface area contributed by atoms with Crippen molar-refractivity contribution in [1.29, 1.82) is 0 Å². The Hall–Kier alpha value is -11.3. The van der Waals surface area contributed by atoms with Crippen LogP contribution in [0.2, 0.25) is 0 Å². The fourth-order valence-corrected chi connectivity index (χ4v) is 17.3. The first kappa shape index (κ1) is 73.2. The van der Waals surface area contributed by atoms with Gasteiger partial charge in [0.25, 0.3) is 28.8 Å². The number of benzene rings is 6. The Morgan fingerprint density at radius 3 is 1.33 bits per heavy atom. The fraction of sp³-hybridized carbons (Fsp3) is 0.407. The number of rotatable bonds is 20. The minimum absolute atomic E-state index is 0.0133. The van der Waals surface area contributed by atoms with Crippen molar-refractivity contribution < 1.29 is 51.4 Å². The molecular formula is C86H88F2N12O9. The number of halogens is 2. The lowest BCUT2D eigenvalue weighted by molar-refractivity contribution is -0.138. The maximum absolute atomic E-state index is 15.3. The summed E-state index contributed by atoms with van der Waals surface area (Å²) >= 11 is 0. The van der Waals surface area contributed by atoms with Crippen molar-refractivity contribution in [2.45, 2.75) is 174 Å². The van der Waals surface area contributed by atoms with Gasteiger partial charge in [-0.1, -0.05) is 34.6 Å². The Kier molecular flexibility index (Phi) is 19.9. The number of nitrogens with zero attached hydrogens (tertiary/aromatic N) is 8. The van der Waals surface area contributed by atoms with Crippen LogP contribution in [-0.4, -0.2) is 99.7 Å². The number of hydrogen-bond acceptors (Lipinski definition) is 15. The summed E-state index contributed by atoms with van der Waals surface area (Å²) in [6.45, 7) is 30.5. The third kappa shape index (κ3) is 14.5. The summed E-state index contributed by atoms with van der Waals surface area (Å²) in [7, 11) is 0. The summed E-state index contributed by atoms with van der Waals surface area (Å²) < 4.78 is 41.7. The second-order valence-corrected chi connectivity index (χ2v) is 31.3.